The molecule has 11 heteroatoms. The maximum atomic E-state index is 12.1. The summed E-state index contributed by atoms with van der Waals surface area (Å²) in [5.74, 6) is -0.352. The highest BCUT2D eigenvalue weighted by atomic mass is 35.5. The molecule has 2 N–H and O–H groups in total. The van der Waals surface area contributed by atoms with E-state index in [9.17, 15) is 19.7 Å². The lowest BCUT2D eigenvalue weighted by molar-refractivity contribution is -0.385. The molecule has 1 saturated heterocycles. The number of nitrogens with zero attached hydrogens (tertiary/aromatic N) is 2. The molecule has 0 aliphatic carbocycles. The SMILES string of the molecule is COc1cc(CCNC(=O)[C@H]2CN(C(=O)O)CCO2)c(Cl)cc1[N+](=O)[O-]. The normalized spacial score (nSPS) is 16.8. The van der Waals surface area contributed by atoms with Crippen molar-refractivity contribution in [3.8, 4) is 5.75 Å². The molecule has 1 aliphatic heterocycles. The number of nitrogens with one attached hydrogen (secondary N) is 1. The van der Waals surface area contributed by atoms with Crippen molar-refractivity contribution >= 4 is 29.3 Å². The lowest BCUT2D eigenvalue weighted by atomic mass is 10.1. The second-order valence-corrected chi connectivity index (χ2v) is 5.91. The highest BCUT2D eigenvalue weighted by Gasteiger charge is 2.29. The van der Waals surface area contributed by atoms with Crippen LogP contribution in [-0.4, -0.2) is 66.4 Å². The van der Waals surface area contributed by atoms with Crippen molar-refractivity contribution < 1.29 is 29.1 Å². The van der Waals surface area contributed by atoms with E-state index >= 15 is 0 Å². The summed E-state index contributed by atoms with van der Waals surface area (Å²) in [4.78, 5) is 34.5. The molecule has 142 valence electrons. The lowest BCUT2D eigenvalue weighted by Gasteiger charge is -2.30. The summed E-state index contributed by atoms with van der Waals surface area (Å²) in [6.07, 6.45) is -1.66. The molecule has 0 saturated carbocycles. The predicted octanol–water partition coefficient (Wildman–Crippen LogP) is 1.29. The topological polar surface area (TPSA) is 131 Å². The number of carboxylic acid groups (broad SMARTS) is 1. The first-order chi connectivity index (χ1) is 12.3. The van der Waals surface area contributed by atoms with Gasteiger partial charge in [0, 0.05) is 19.2 Å². The van der Waals surface area contributed by atoms with E-state index in [1.54, 1.807) is 0 Å². The minimum Gasteiger partial charge on any atom is -0.490 e. The average Bonchev–Trinajstić information content (AvgIpc) is 2.62. The van der Waals surface area contributed by atoms with Crippen LogP contribution >= 0.6 is 11.6 Å². The zero-order valence-electron chi connectivity index (χ0n) is 13.9. The number of halogens is 1. The highest BCUT2D eigenvalue weighted by molar-refractivity contribution is 6.31. The summed E-state index contributed by atoms with van der Waals surface area (Å²) in [5.41, 5.74) is 0.334. The molecular weight excluding hydrogens is 370 g/mol. The molecule has 1 aromatic rings. The Morgan fingerprint density at radius 3 is 2.88 bits per heavy atom. The Kier molecular flexibility index (Phi) is 6.58. The van der Waals surface area contributed by atoms with Crippen molar-refractivity contribution in [2.45, 2.75) is 12.5 Å². The Morgan fingerprint density at radius 2 is 2.27 bits per heavy atom. The Morgan fingerprint density at radius 1 is 1.54 bits per heavy atom. The summed E-state index contributed by atoms with van der Waals surface area (Å²) in [5, 5.41) is 22.8. The fraction of sp³-hybridized carbons (Fsp3) is 0.467. The molecule has 1 fully saturated rings. The zero-order valence-corrected chi connectivity index (χ0v) is 14.7. The van der Waals surface area contributed by atoms with E-state index in [0.717, 1.165) is 4.90 Å². The second-order valence-electron chi connectivity index (χ2n) is 5.50. The smallest absolute Gasteiger partial charge is 0.407 e. The Balaban J connectivity index is 1.94. The molecule has 0 spiro atoms. The summed E-state index contributed by atoms with van der Waals surface area (Å²) in [6.45, 7) is 0.535. The van der Waals surface area contributed by atoms with Crippen molar-refractivity contribution in [3.63, 3.8) is 0 Å². The van der Waals surface area contributed by atoms with Crippen LogP contribution in [-0.2, 0) is 16.0 Å². The van der Waals surface area contributed by atoms with E-state index < -0.39 is 23.0 Å². The van der Waals surface area contributed by atoms with Gasteiger partial charge >= 0.3 is 11.8 Å². The van der Waals surface area contributed by atoms with Crippen LogP contribution < -0.4 is 10.1 Å². The molecule has 1 aliphatic rings. The molecule has 1 aromatic carbocycles. The van der Waals surface area contributed by atoms with Crippen LogP contribution in [0, 0.1) is 10.1 Å². The summed E-state index contributed by atoms with van der Waals surface area (Å²) in [6, 6.07) is 2.66. The second kappa shape index (κ2) is 8.68. The van der Waals surface area contributed by atoms with Crippen LogP contribution in [0.1, 0.15) is 5.56 Å². The largest absolute Gasteiger partial charge is 0.490 e. The number of carbonyl (C=O) groups excluding carboxylic acids is 1. The van der Waals surface area contributed by atoms with Gasteiger partial charge < -0.3 is 24.8 Å². The van der Waals surface area contributed by atoms with Gasteiger partial charge in [-0.15, -0.1) is 0 Å². The first kappa shape index (κ1) is 19.7. The molecule has 1 atom stereocenters. The standard InChI is InChI=1S/C15H18ClN3O7/c1-25-12-6-9(10(16)7-11(12)19(23)24)2-3-17-14(20)13-8-18(15(21)22)4-5-26-13/h6-7,13H,2-5,8H2,1H3,(H,17,20)(H,21,22)/t13-/m1/s1. The van der Waals surface area contributed by atoms with Crippen LogP contribution in [0.25, 0.3) is 0 Å². The van der Waals surface area contributed by atoms with Gasteiger partial charge in [0.1, 0.15) is 0 Å². The quantitative estimate of drug-likeness (QED) is 0.555. The number of amides is 2. The van der Waals surface area contributed by atoms with E-state index in [4.69, 9.17) is 26.2 Å². The molecule has 0 unspecified atom stereocenters. The number of rotatable bonds is 6. The Bertz CT molecular complexity index is 713. The number of carbonyl (C=O) groups is 2. The van der Waals surface area contributed by atoms with Gasteiger partial charge in [0.15, 0.2) is 11.9 Å². The molecule has 0 bridgehead atoms. The van der Waals surface area contributed by atoms with Crippen molar-refractivity contribution in [1.82, 2.24) is 10.2 Å². The van der Waals surface area contributed by atoms with E-state index in [-0.39, 0.29) is 42.7 Å². The fourth-order valence-corrected chi connectivity index (χ4v) is 2.75. The number of ether oxygens (including phenoxy) is 2. The molecule has 0 aromatic heterocycles. The van der Waals surface area contributed by atoms with Crippen LogP contribution in [0.15, 0.2) is 12.1 Å². The van der Waals surface area contributed by atoms with E-state index in [1.807, 2.05) is 0 Å². The van der Waals surface area contributed by atoms with Crippen molar-refractivity contribution in [1.29, 1.82) is 0 Å². The summed E-state index contributed by atoms with van der Waals surface area (Å²) in [7, 11) is 1.32. The Hall–Kier alpha value is -2.59. The number of nitro benzene ring substituents is 1. The van der Waals surface area contributed by atoms with Crippen molar-refractivity contribution in [3.05, 3.63) is 32.8 Å². The van der Waals surface area contributed by atoms with Gasteiger partial charge in [-0.3, -0.25) is 14.9 Å². The van der Waals surface area contributed by atoms with E-state index in [1.165, 1.54) is 19.2 Å². The monoisotopic (exact) mass is 387 g/mol. The summed E-state index contributed by atoms with van der Waals surface area (Å²) < 4.78 is 10.3. The minimum absolute atomic E-state index is 0.0344. The molecule has 1 heterocycles. The predicted molar refractivity (Wildman–Crippen MR) is 90.7 cm³/mol. The lowest BCUT2D eigenvalue weighted by Crippen LogP contribution is -2.51. The van der Waals surface area contributed by atoms with Crippen molar-refractivity contribution in [2.75, 3.05) is 33.4 Å². The zero-order chi connectivity index (χ0) is 19.3. The van der Waals surface area contributed by atoms with E-state index in [2.05, 4.69) is 5.32 Å². The minimum atomic E-state index is -1.10. The number of nitro groups is 1. The Labute approximate surface area is 153 Å². The fourth-order valence-electron chi connectivity index (χ4n) is 2.50. The third-order valence-corrected chi connectivity index (χ3v) is 4.22. The molecule has 26 heavy (non-hydrogen) atoms. The van der Waals surface area contributed by atoms with Gasteiger partial charge in [-0.05, 0) is 18.1 Å². The van der Waals surface area contributed by atoms with Gasteiger partial charge in [-0.1, -0.05) is 11.6 Å². The average molecular weight is 388 g/mol. The molecule has 2 rings (SSSR count). The molecular formula is C15H18ClN3O7. The van der Waals surface area contributed by atoms with Crippen LogP contribution in [0.3, 0.4) is 0 Å². The van der Waals surface area contributed by atoms with Gasteiger partial charge in [0.2, 0.25) is 0 Å². The van der Waals surface area contributed by atoms with Crippen LogP contribution in [0.4, 0.5) is 10.5 Å². The molecule has 0 radical (unpaired) electrons. The summed E-state index contributed by atoms with van der Waals surface area (Å²) >= 11 is 6.05. The van der Waals surface area contributed by atoms with E-state index in [0.29, 0.717) is 12.0 Å². The number of benzene rings is 1. The van der Waals surface area contributed by atoms with Gasteiger partial charge in [-0.25, -0.2) is 4.79 Å². The number of morpholine rings is 1. The maximum absolute atomic E-state index is 12.1. The van der Waals surface area contributed by atoms with Crippen LogP contribution in [0.2, 0.25) is 5.02 Å². The van der Waals surface area contributed by atoms with Gasteiger partial charge in [0.05, 0.1) is 30.2 Å². The van der Waals surface area contributed by atoms with Crippen LogP contribution in [0.5, 0.6) is 5.75 Å². The number of hydrogen-bond donors (Lipinski definition) is 2. The maximum Gasteiger partial charge on any atom is 0.407 e. The third-order valence-electron chi connectivity index (χ3n) is 3.87. The number of hydrogen-bond acceptors (Lipinski definition) is 6. The molecule has 2 amide bonds. The van der Waals surface area contributed by atoms with Crippen molar-refractivity contribution in [2.24, 2.45) is 0 Å². The first-order valence-electron chi connectivity index (χ1n) is 7.71. The van der Waals surface area contributed by atoms with Gasteiger partial charge in [-0.2, -0.15) is 0 Å². The van der Waals surface area contributed by atoms with Gasteiger partial charge in [0.25, 0.3) is 5.91 Å². The third kappa shape index (κ3) is 4.73. The molecule has 10 nitrogen and oxygen atoms in total. The highest BCUT2D eigenvalue weighted by Crippen LogP contribution is 2.33. The first-order valence-corrected chi connectivity index (χ1v) is 8.09. The number of methoxy groups -OCH3 is 1.